The summed E-state index contributed by atoms with van der Waals surface area (Å²) in [5.41, 5.74) is 3.74. The molecule has 1 amide bonds. The Morgan fingerprint density at radius 1 is 1.00 bits per heavy atom. The van der Waals surface area contributed by atoms with Crippen LogP contribution in [0.5, 0.6) is 5.75 Å². The smallest absolute Gasteiger partial charge is 0.255 e. The highest BCUT2D eigenvalue weighted by molar-refractivity contribution is 6.33. The van der Waals surface area contributed by atoms with Crippen molar-refractivity contribution in [1.82, 2.24) is 9.88 Å². The molecule has 0 spiro atoms. The van der Waals surface area contributed by atoms with Crippen LogP contribution in [0.15, 0.2) is 77.6 Å². The second-order valence-corrected chi connectivity index (χ2v) is 8.37. The highest BCUT2D eigenvalue weighted by atomic mass is 35.5. The van der Waals surface area contributed by atoms with Crippen LogP contribution in [-0.2, 0) is 13.0 Å². The number of nitrogens with zero attached hydrogens (tertiary/aromatic N) is 1. The summed E-state index contributed by atoms with van der Waals surface area (Å²) in [7, 11) is 1.60. The fourth-order valence-electron chi connectivity index (χ4n) is 3.88. The predicted octanol–water partition coefficient (Wildman–Crippen LogP) is 5.38. The molecule has 1 aromatic heterocycles. The Kier molecular flexibility index (Phi) is 6.80. The van der Waals surface area contributed by atoms with Crippen LogP contribution in [-0.4, -0.2) is 29.4 Å². The van der Waals surface area contributed by atoms with E-state index in [1.165, 1.54) is 5.56 Å². The van der Waals surface area contributed by atoms with Gasteiger partial charge in [-0.2, -0.15) is 0 Å². The van der Waals surface area contributed by atoms with Crippen LogP contribution in [0, 0.1) is 6.92 Å². The lowest BCUT2D eigenvalue weighted by Crippen LogP contribution is -2.34. The molecule has 0 aliphatic carbocycles. The van der Waals surface area contributed by atoms with Crippen molar-refractivity contribution in [2.75, 3.05) is 13.7 Å². The third kappa shape index (κ3) is 5.10. The average molecular weight is 461 g/mol. The van der Waals surface area contributed by atoms with Gasteiger partial charge in [-0.15, -0.1) is 0 Å². The minimum absolute atomic E-state index is 0.165. The van der Waals surface area contributed by atoms with E-state index < -0.39 is 0 Å². The molecule has 4 aromatic rings. The van der Waals surface area contributed by atoms with Crippen LogP contribution in [0.3, 0.4) is 0 Å². The molecule has 0 aliphatic rings. The maximum absolute atomic E-state index is 13.5. The molecule has 6 heteroatoms. The first-order valence-electron chi connectivity index (χ1n) is 10.7. The zero-order valence-corrected chi connectivity index (χ0v) is 19.4. The van der Waals surface area contributed by atoms with E-state index in [1.807, 2.05) is 30.3 Å². The first-order valence-corrected chi connectivity index (χ1v) is 11.1. The van der Waals surface area contributed by atoms with Gasteiger partial charge < -0.3 is 14.6 Å². The number of ether oxygens (including phenoxy) is 1. The molecule has 0 aliphatic heterocycles. The molecule has 0 bridgehead atoms. The van der Waals surface area contributed by atoms with Crippen molar-refractivity contribution in [2.45, 2.75) is 19.9 Å². The summed E-state index contributed by atoms with van der Waals surface area (Å²) in [6.07, 6.45) is 0.669. The van der Waals surface area contributed by atoms with Crippen LogP contribution in [0.25, 0.3) is 10.9 Å². The number of fused-ring (bicyclic) bond motifs is 1. The van der Waals surface area contributed by atoms with E-state index in [0.717, 1.165) is 10.9 Å². The maximum Gasteiger partial charge on any atom is 0.255 e. The fraction of sp³-hybridized carbons (Fsp3) is 0.185. The normalized spacial score (nSPS) is 10.9. The van der Waals surface area contributed by atoms with Crippen molar-refractivity contribution in [3.8, 4) is 5.75 Å². The molecule has 5 nitrogen and oxygen atoms in total. The standard InChI is InChI=1S/C27H25ClN2O3/c1-18-7-3-4-8-19(18)13-14-30(27(32)23-9-5-6-10-24(23)28)17-21-15-20-16-22(33-2)11-12-25(20)29-26(21)31/h3-12,15-16H,13-14,17H2,1-2H3,(H,29,31). The van der Waals surface area contributed by atoms with Crippen LogP contribution in [0.2, 0.25) is 5.02 Å². The van der Waals surface area contributed by atoms with E-state index in [1.54, 1.807) is 42.3 Å². The molecule has 4 rings (SSSR count). The summed E-state index contributed by atoms with van der Waals surface area (Å²) in [6, 6.07) is 22.4. The number of pyridine rings is 1. The van der Waals surface area contributed by atoms with Gasteiger partial charge >= 0.3 is 0 Å². The SMILES string of the molecule is COc1ccc2[nH]c(=O)c(CN(CCc3ccccc3C)C(=O)c3ccccc3Cl)cc2c1. The van der Waals surface area contributed by atoms with Crippen molar-refractivity contribution in [2.24, 2.45) is 0 Å². The summed E-state index contributed by atoms with van der Waals surface area (Å²) in [4.78, 5) is 30.9. The number of aromatic nitrogens is 1. The quantitative estimate of drug-likeness (QED) is 0.402. The molecule has 168 valence electrons. The zero-order valence-electron chi connectivity index (χ0n) is 18.6. The van der Waals surface area contributed by atoms with Gasteiger partial charge in [0.25, 0.3) is 11.5 Å². The maximum atomic E-state index is 13.5. The summed E-state index contributed by atoms with van der Waals surface area (Å²) in [6.45, 7) is 2.67. The Morgan fingerprint density at radius 2 is 1.76 bits per heavy atom. The monoisotopic (exact) mass is 460 g/mol. The lowest BCUT2D eigenvalue weighted by atomic mass is 10.0. The third-order valence-corrected chi connectivity index (χ3v) is 6.12. The van der Waals surface area contributed by atoms with E-state index in [9.17, 15) is 9.59 Å². The van der Waals surface area contributed by atoms with Gasteiger partial charge in [0.05, 0.1) is 24.2 Å². The number of amides is 1. The first kappa shape index (κ1) is 22.6. The van der Waals surface area contributed by atoms with Crippen LogP contribution in [0.1, 0.15) is 27.0 Å². The minimum Gasteiger partial charge on any atom is -0.497 e. The Hall–Kier alpha value is -3.57. The number of benzene rings is 3. The molecule has 1 N–H and O–H groups in total. The summed E-state index contributed by atoms with van der Waals surface area (Å²) in [5.74, 6) is 0.489. The van der Waals surface area contributed by atoms with Gasteiger partial charge in [-0.25, -0.2) is 0 Å². The van der Waals surface area contributed by atoms with Gasteiger partial charge in [0, 0.05) is 23.0 Å². The summed E-state index contributed by atoms with van der Waals surface area (Å²) >= 11 is 6.32. The molecular formula is C27H25ClN2O3. The molecule has 0 atom stereocenters. The molecule has 33 heavy (non-hydrogen) atoms. The fourth-order valence-corrected chi connectivity index (χ4v) is 4.10. The number of methoxy groups -OCH3 is 1. The number of nitrogens with one attached hydrogen (secondary N) is 1. The van der Waals surface area contributed by atoms with Crippen LogP contribution >= 0.6 is 11.6 Å². The highest BCUT2D eigenvalue weighted by Crippen LogP contribution is 2.22. The van der Waals surface area contributed by atoms with E-state index in [-0.39, 0.29) is 18.0 Å². The Morgan fingerprint density at radius 3 is 2.52 bits per heavy atom. The topological polar surface area (TPSA) is 62.4 Å². The predicted molar refractivity (Wildman–Crippen MR) is 132 cm³/mol. The van der Waals surface area contributed by atoms with Gasteiger partial charge in [0.15, 0.2) is 0 Å². The van der Waals surface area contributed by atoms with Crippen LogP contribution < -0.4 is 10.3 Å². The number of rotatable bonds is 7. The third-order valence-electron chi connectivity index (χ3n) is 5.79. The average Bonchev–Trinajstić information content (AvgIpc) is 2.82. The van der Waals surface area contributed by atoms with Crippen LogP contribution in [0.4, 0.5) is 0 Å². The van der Waals surface area contributed by atoms with Gasteiger partial charge in [-0.05, 0) is 60.9 Å². The van der Waals surface area contributed by atoms with Crippen molar-refractivity contribution >= 4 is 28.4 Å². The van der Waals surface area contributed by atoms with Crippen molar-refractivity contribution in [1.29, 1.82) is 0 Å². The van der Waals surface area contributed by atoms with Crippen molar-refractivity contribution < 1.29 is 9.53 Å². The lowest BCUT2D eigenvalue weighted by Gasteiger charge is -2.24. The highest BCUT2D eigenvalue weighted by Gasteiger charge is 2.20. The van der Waals surface area contributed by atoms with Gasteiger partial charge in [0.2, 0.25) is 0 Å². The number of aromatic amines is 1. The summed E-state index contributed by atoms with van der Waals surface area (Å²) < 4.78 is 5.31. The van der Waals surface area contributed by atoms with E-state index in [0.29, 0.717) is 40.4 Å². The Labute approximate surface area is 197 Å². The molecule has 0 unspecified atom stereocenters. The molecule has 1 heterocycles. The van der Waals surface area contributed by atoms with Crippen molar-refractivity contribution in [3.05, 3.63) is 110 Å². The molecular weight excluding hydrogens is 436 g/mol. The van der Waals surface area contributed by atoms with Crippen molar-refractivity contribution in [3.63, 3.8) is 0 Å². The number of H-pyrrole nitrogens is 1. The lowest BCUT2D eigenvalue weighted by molar-refractivity contribution is 0.0744. The Balaban J connectivity index is 1.69. The minimum atomic E-state index is -0.222. The van der Waals surface area contributed by atoms with Gasteiger partial charge in [-0.1, -0.05) is 48.0 Å². The second-order valence-electron chi connectivity index (χ2n) is 7.96. The Bertz CT molecular complexity index is 1360. The molecule has 0 radical (unpaired) electrons. The molecule has 0 fully saturated rings. The van der Waals surface area contributed by atoms with Gasteiger partial charge in [0.1, 0.15) is 5.75 Å². The number of halogens is 1. The molecule has 0 saturated heterocycles. The number of hydrogen-bond donors (Lipinski definition) is 1. The zero-order chi connectivity index (χ0) is 23.4. The van der Waals surface area contributed by atoms with E-state index >= 15 is 0 Å². The first-order chi connectivity index (χ1) is 16.0. The number of hydrogen-bond acceptors (Lipinski definition) is 3. The molecule has 0 saturated carbocycles. The second kappa shape index (κ2) is 9.92. The number of carbonyl (C=O) groups excluding carboxylic acids is 1. The van der Waals surface area contributed by atoms with E-state index in [2.05, 4.69) is 24.0 Å². The largest absolute Gasteiger partial charge is 0.497 e. The molecule has 3 aromatic carbocycles. The summed E-state index contributed by atoms with van der Waals surface area (Å²) in [5, 5.41) is 1.23. The number of carbonyl (C=O) groups is 1. The van der Waals surface area contributed by atoms with Gasteiger partial charge in [-0.3, -0.25) is 9.59 Å². The number of aryl methyl sites for hydroxylation is 1. The van der Waals surface area contributed by atoms with E-state index in [4.69, 9.17) is 16.3 Å².